The minimum absolute atomic E-state index is 0.272. The van der Waals surface area contributed by atoms with E-state index in [1.54, 1.807) is 4.90 Å². The van der Waals surface area contributed by atoms with Crippen molar-refractivity contribution in [3.8, 4) is 5.75 Å². The van der Waals surface area contributed by atoms with Crippen molar-refractivity contribution in [3.05, 3.63) is 29.8 Å². The van der Waals surface area contributed by atoms with Crippen LogP contribution in [0.2, 0.25) is 0 Å². The molecule has 0 N–H and O–H groups in total. The molecule has 1 aromatic rings. The van der Waals surface area contributed by atoms with Gasteiger partial charge in [-0.15, -0.1) is 0 Å². The van der Waals surface area contributed by atoms with Gasteiger partial charge < -0.3 is 18.9 Å². The number of hydrogen-bond donors (Lipinski definition) is 0. The van der Waals surface area contributed by atoms with Crippen molar-refractivity contribution in [1.82, 2.24) is 4.90 Å². The van der Waals surface area contributed by atoms with Crippen LogP contribution in [-0.4, -0.2) is 51.3 Å². The molecular formula is C20H28N2O4S. The van der Waals surface area contributed by atoms with Gasteiger partial charge in [-0.2, -0.15) is 0 Å². The number of carbonyl (C=O) groups excluding carboxylic acids is 1. The zero-order valence-electron chi connectivity index (χ0n) is 16.5. The number of para-hydroxylation sites is 1. The van der Waals surface area contributed by atoms with E-state index in [9.17, 15) is 9.35 Å². The van der Waals surface area contributed by atoms with Crippen molar-refractivity contribution >= 4 is 23.2 Å². The number of amides is 1. The number of ether oxygens (including phenoxy) is 2. The Labute approximate surface area is 164 Å². The van der Waals surface area contributed by atoms with Crippen molar-refractivity contribution in [2.24, 2.45) is 4.40 Å². The lowest BCUT2D eigenvalue weighted by Crippen LogP contribution is -2.52. The molecule has 1 aromatic carbocycles. The Hall–Kier alpha value is -1.73. The monoisotopic (exact) mass is 392 g/mol. The summed E-state index contributed by atoms with van der Waals surface area (Å²) in [4.78, 5) is 13.7. The van der Waals surface area contributed by atoms with Gasteiger partial charge >= 0.3 is 6.09 Å². The van der Waals surface area contributed by atoms with Gasteiger partial charge in [-0.3, -0.25) is 0 Å². The van der Waals surface area contributed by atoms with Gasteiger partial charge in [0.1, 0.15) is 33.2 Å². The first kappa shape index (κ1) is 20.0. The topological polar surface area (TPSA) is 74.2 Å². The zero-order chi connectivity index (χ0) is 19.7. The summed E-state index contributed by atoms with van der Waals surface area (Å²) in [5, 5.41) is 0. The maximum Gasteiger partial charge on any atom is 0.409 e. The van der Waals surface area contributed by atoms with E-state index >= 15 is 0 Å². The quantitative estimate of drug-likeness (QED) is 0.719. The molecule has 0 aromatic heterocycles. The SMILES string of the molecule is CCOC(=O)N1CCC2(CC1)C/C(=N\[S@@+]([O-])C(C)(C)C)c1ccccc1O2. The number of nitrogens with zero attached hydrogens (tertiary/aromatic N) is 2. The maximum absolute atomic E-state index is 12.6. The molecule has 1 amide bonds. The van der Waals surface area contributed by atoms with Gasteiger partial charge in [-0.05, 0) is 39.8 Å². The van der Waals surface area contributed by atoms with Gasteiger partial charge in [0, 0.05) is 37.9 Å². The molecule has 1 fully saturated rings. The van der Waals surface area contributed by atoms with E-state index in [-0.39, 0.29) is 6.09 Å². The largest absolute Gasteiger partial charge is 0.591 e. The van der Waals surface area contributed by atoms with E-state index < -0.39 is 21.7 Å². The van der Waals surface area contributed by atoms with E-state index in [4.69, 9.17) is 9.47 Å². The minimum atomic E-state index is -1.33. The lowest BCUT2D eigenvalue weighted by Gasteiger charge is -2.44. The highest BCUT2D eigenvalue weighted by atomic mass is 32.2. The highest BCUT2D eigenvalue weighted by Gasteiger charge is 2.44. The predicted molar refractivity (Wildman–Crippen MR) is 107 cm³/mol. The smallest absolute Gasteiger partial charge is 0.409 e. The molecule has 0 saturated carbocycles. The fraction of sp³-hybridized carbons (Fsp3) is 0.600. The molecule has 0 bridgehead atoms. The Balaban J connectivity index is 1.84. The second-order valence-electron chi connectivity index (χ2n) is 8.04. The van der Waals surface area contributed by atoms with Crippen LogP contribution in [0.3, 0.4) is 0 Å². The van der Waals surface area contributed by atoms with Crippen molar-refractivity contribution in [1.29, 1.82) is 0 Å². The number of benzene rings is 1. The van der Waals surface area contributed by atoms with Gasteiger partial charge in [0.2, 0.25) is 0 Å². The van der Waals surface area contributed by atoms with Crippen molar-refractivity contribution in [2.75, 3.05) is 19.7 Å². The molecule has 0 aliphatic carbocycles. The van der Waals surface area contributed by atoms with Crippen molar-refractivity contribution < 1.29 is 18.8 Å². The zero-order valence-corrected chi connectivity index (χ0v) is 17.3. The average Bonchev–Trinajstić information content (AvgIpc) is 2.61. The van der Waals surface area contributed by atoms with Crippen LogP contribution in [0.4, 0.5) is 4.79 Å². The summed E-state index contributed by atoms with van der Waals surface area (Å²) in [6.07, 6.45) is 1.72. The standard InChI is InChI=1S/C20H28N2O4S/c1-5-25-18(23)22-12-10-20(11-13-22)14-16(21-27(24)19(2,3)4)15-8-6-7-9-17(15)26-20/h6-9H,5,10-14H2,1-4H3/b21-16+/t27-/m0/s1. The average molecular weight is 393 g/mol. The predicted octanol–water partition coefficient (Wildman–Crippen LogP) is 3.71. The molecule has 3 rings (SSSR count). The van der Waals surface area contributed by atoms with E-state index in [2.05, 4.69) is 4.40 Å². The van der Waals surface area contributed by atoms with Crippen LogP contribution >= 0.6 is 0 Å². The number of piperidine rings is 1. The van der Waals surface area contributed by atoms with E-state index in [1.807, 2.05) is 52.0 Å². The molecule has 148 valence electrons. The fourth-order valence-electron chi connectivity index (χ4n) is 3.37. The summed E-state index contributed by atoms with van der Waals surface area (Å²) in [6, 6.07) is 7.78. The summed E-state index contributed by atoms with van der Waals surface area (Å²) in [5.41, 5.74) is 1.32. The number of fused-ring (bicyclic) bond motifs is 1. The van der Waals surface area contributed by atoms with Crippen LogP contribution in [0, 0.1) is 0 Å². The third-order valence-electron chi connectivity index (χ3n) is 4.93. The van der Waals surface area contributed by atoms with Crippen LogP contribution in [0.5, 0.6) is 5.75 Å². The maximum atomic E-state index is 12.6. The molecule has 2 aliphatic rings. The number of rotatable bonds is 2. The highest BCUT2D eigenvalue weighted by molar-refractivity contribution is 7.91. The number of hydrogen-bond acceptors (Lipinski definition) is 5. The summed E-state index contributed by atoms with van der Waals surface area (Å²) >= 11 is -1.33. The summed E-state index contributed by atoms with van der Waals surface area (Å²) in [7, 11) is 0. The number of carbonyl (C=O) groups is 1. The summed E-state index contributed by atoms with van der Waals surface area (Å²) in [6.45, 7) is 9.11. The van der Waals surface area contributed by atoms with Crippen molar-refractivity contribution in [3.63, 3.8) is 0 Å². The summed E-state index contributed by atoms with van der Waals surface area (Å²) in [5.74, 6) is 0.776. The third-order valence-corrected chi connectivity index (χ3v) is 6.37. The first-order valence-electron chi connectivity index (χ1n) is 9.44. The normalized spacial score (nSPS) is 21.5. The second kappa shape index (κ2) is 7.72. The van der Waals surface area contributed by atoms with Crippen LogP contribution in [0.1, 0.15) is 52.5 Å². The highest BCUT2D eigenvalue weighted by Crippen LogP contribution is 2.40. The Morgan fingerprint density at radius 2 is 2.00 bits per heavy atom. The van der Waals surface area contributed by atoms with Crippen LogP contribution in [0.15, 0.2) is 28.7 Å². The van der Waals surface area contributed by atoms with Gasteiger partial charge in [0.05, 0.1) is 6.61 Å². The van der Waals surface area contributed by atoms with Crippen LogP contribution in [-0.2, 0) is 16.1 Å². The second-order valence-corrected chi connectivity index (χ2v) is 9.95. The summed E-state index contributed by atoms with van der Waals surface area (Å²) < 4.78 is 28.3. The Morgan fingerprint density at radius 3 is 2.63 bits per heavy atom. The molecule has 2 heterocycles. The van der Waals surface area contributed by atoms with Gasteiger partial charge in [0.25, 0.3) is 0 Å². The molecule has 0 unspecified atom stereocenters. The molecule has 1 spiro atoms. The number of likely N-dealkylation sites (tertiary alicyclic amines) is 1. The lowest BCUT2D eigenvalue weighted by molar-refractivity contribution is 0.00230. The minimum Gasteiger partial charge on any atom is -0.591 e. The molecule has 1 atom stereocenters. The van der Waals surface area contributed by atoms with Crippen molar-refractivity contribution in [2.45, 2.75) is 57.3 Å². The Bertz CT molecular complexity index is 721. The van der Waals surface area contributed by atoms with Gasteiger partial charge in [0.15, 0.2) is 0 Å². The molecule has 27 heavy (non-hydrogen) atoms. The molecular weight excluding hydrogens is 364 g/mol. The van der Waals surface area contributed by atoms with Crippen LogP contribution in [0.25, 0.3) is 0 Å². The van der Waals surface area contributed by atoms with E-state index in [0.29, 0.717) is 39.0 Å². The van der Waals surface area contributed by atoms with Gasteiger partial charge in [-0.25, -0.2) is 4.79 Å². The molecule has 1 saturated heterocycles. The fourth-order valence-corrected chi connectivity index (χ4v) is 4.01. The van der Waals surface area contributed by atoms with E-state index in [1.165, 1.54) is 0 Å². The van der Waals surface area contributed by atoms with E-state index in [0.717, 1.165) is 17.0 Å². The first-order valence-corrected chi connectivity index (χ1v) is 10.5. The first-order chi connectivity index (χ1) is 12.7. The molecule has 0 radical (unpaired) electrons. The molecule has 2 aliphatic heterocycles. The lowest BCUT2D eigenvalue weighted by atomic mass is 9.82. The van der Waals surface area contributed by atoms with Gasteiger partial charge in [-0.1, -0.05) is 16.5 Å². The molecule has 6 nitrogen and oxygen atoms in total. The Kier molecular flexibility index (Phi) is 5.72. The Morgan fingerprint density at radius 1 is 1.33 bits per heavy atom. The third kappa shape index (κ3) is 4.41. The molecule has 7 heteroatoms. The van der Waals surface area contributed by atoms with Crippen LogP contribution < -0.4 is 4.74 Å².